The molecule has 0 aliphatic rings. The summed E-state index contributed by atoms with van der Waals surface area (Å²) in [6.07, 6.45) is 1.73. The predicted molar refractivity (Wildman–Crippen MR) is 99.2 cm³/mol. The molecule has 1 aromatic carbocycles. The van der Waals surface area contributed by atoms with Crippen LogP contribution >= 0.6 is 11.3 Å². The number of hydrogen-bond acceptors (Lipinski definition) is 5. The second-order valence-corrected chi connectivity index (χ2v) is 6.55. The van der Waals surface area contributed by atoms with Crippen molar-refractivity contribution < 1.29 is 9.53 Å². The maximum absolute atomic E-state index is 12.1. The third-order valence-corrected chi connectivity index (χ3v) is 4.05. The minimum Gasteiger partial charge on any atom is -0.491 e. The molecule has 7 heteroatoms. The highest BCUT2D eigenvalue weighted by Gasteiger charge is 2.10. The quantitative estimate of drug-likeness (QED) is 0.523. The van der Waals surface area contributed by atoms with Gasteiger partial charge in [-0.25, -0.2) is 5.43 Å². The summed E-state index contributed by atoms with van der Waals surface area (Å²) in [4.78, 5) is 13.0. The molecular weight excluding hydrogens is 336 g/mol. The summed E-state index contributed by atoms with van der Waals surface area (Å²) in [7, 11) is 0. The number of rotatable bonds is 6. The molecule has 0 saturated carbocycles. The number of carbonyl (C=O) groups is 1. The minimum absolute atomic E-state index is 0.126. The van der Waals surface area contributed by atoms with E-state index in [-0.39, 0.29) is 12.0 Å². The number of nitrogens with one attached hydrogen (secondary N) is 2. The molecule has 2 aromatic heterocycles. The first kappa shape index (κ1) is 16.9. The highest BCUT2D eigenvalue weighted by molar-refractivity contribution is 7.11. The Bertz CT molecular complexity index is 852. The normalized spacial score (nSPS) is 11.2. The zero-order valence-corrected chi connectivity index (χ0v) is 14.7. The van der Waals surface area contributed by atoms with Crippen LogP contribution in [-0.2, 0) is 0 Å². The number of aromatic nitrogens is 2. The van der Waals surface area contributed by atoms with Crippen LogP contribution in [0.5, 0.6) is 5.75 Å². The van der Waals surface area contributed by atoms with Crippen LogP contribution in [0.25, 0.3) is 11.3 Å². The van der Waals surface area contributed by atoms with Gasteiger partial charge in [0.2, 0.25) is 0 Å². The van der Waals surface area contributed by atoms with Gasteiger partial charge >= 0.3 is 0 Å². The summed E-state index contributed by atoms with van der Waals surface area (Å²) in [5, 5.41) is 12.8. The van der Waals surface area contributed by atoms with Gasteiger partial charge in [-0.3, -0.25) is 9.89 Å². The van der Waals surface area contributed by atoms with Crippen molar-refractivity contribution in [3.8, 4) is 17.0 Å². The fourth-order valence-corrected chi connectivity index (χ4v) is 2.73. The monoisotopic (exact) mass is 354 g/mol. The Morgan fingerprint density at radius 2 is 2.12 bits per heavy atom. The summed E-state index contributed by atoms with van der Waals surface area (Å²) < 4.78 is 5.62. The predicted octanol–water partition coefficient (Wildman–Crippen LogP) is 3.69. The number of hydrazone groups is 1. The van der Waals surface area contributed by atoms with Crippen LogP contribution in [0.4, 0.5) is 0 Å². The Kier molecular flexibility index (Phi) is 5.25. The molecule has 0 aliphatic carbocycles. The summed E-state index contributed by atoms with van der Waals surface area (Å²) in [5.74, 6) is 0.460. The van der Waals surface area contributed by atoms with Gasteiger partial charge in [0.1, 0.15) is 11.4 Å². The van der Waals surface area contributed by atoms with E-state index in [1.54, 1.807) is 23.6 Å². The summed E-state index contributed by atoms with van der Waals surface area (Å²) in [5.41, 5.74) is 4.41. The largest absolute Gasteiger partial charge is 0.491 e. The van der Waals surface area contributed by atoms with Crippen LogP contribution in [0.1, 0.15) is 29.2 Å². The second-order valence-electron chi connectivity index (χ2n) is 5.57. The molecule has 0 fully saturated rings. The number of ether oxygens (including phenoxy) is 1. The molecule has 6 nitrogen and oxygen atoms in total. The number of H-pyrrole nitrogens is 1. The molecule has 3 aromatic rings. The van der Waals surface area contributed by atoms with Crippen LogP contribution < -0.4 is 10.2 Å². The molecule has 2 N–H and O–H groups in total. The first-order valence-electron chi connectivity index (χ1n) is 7.81. The zero-order valence-electron chi connectivity index (χ0n) is 13.9. The topological polar surface area (TPSA) is 79.4 Å². The Hall–Kier alpha value is -2.93. The van der Waals surface area contributed by atoms with E-state index >= 15 is 0 Å². The third kappa shape index (κ3) is 4.54. The van der Waals surface area contributed by atoms with Crippen molar-refractivity contribution in [2.45, 2.75) is 20.0 Å². The number of carbonyl (C=O) groups excluding carboxylic acids is 1. The number of benzene rings is 1. The van der Waals surface area contributed by atoms with Crippen LogP contribution in [0.3, 0.4) is 0 Å². The van der Waals surface area contributed by atoms with E-state index in [9.17, 15) is 4.79 Å². The standard InChI is InChI=1S/C18H18N4O2S/c1-12(2)24-14-7-5-13(6-8-14)16-10-17(21-20-16)18(23)22-19-11-15-4-3-9-25-15/h3-12H,1-2H3,(H,20,21)(H,22,23)/b19-11+. The molecule has 3 rings (SSSR count). The molecule has 25 heavy (non-hydrogen) atoms. The Labute approximate surface area is 149 Å². The van der Waals surface area contributed by atoms with Gasteiger partial charge in [-0.2, -0.15) is 10.2 Å². The molecule has 0 aliphatic heterocycles. The van der Waals surface area contributed by atoms with Crippen molar-refractivity contribution in [2.75, 3.05) is 0 Å². The summed E-state index contributed by atoms with van der Waals surface area (Å²) in [6.45, 7) is 3.96. The maximum atomic E-state index is 12.1. The fourth-order valence-electron chi connectivity index (χ4n) is 2.14. The van der Waals surface area contributed by atoms with Crippen LogP contribution in [0.2, 0.25) is 0 Å². The lowest BCUT2D eigenvalue weighted by molar-refractivity contribution is 0.0950. The van der Waals surface area contributed by atoms with Gasteiger partial charge in [0.25, 0.3) is 5.91 Å². The molecule has 2 heterocycles. The number of thiophene rings is 1. The van der Waals surface area contributed by atoms with Crippen LogP contribution in [-0.4, -0.2) is 28.4 Å². The van der Waals surface area contributed by atoms with E-state index in [1.165, 1.54) is 0 Å². The lowest BCUT2D eigenvalue weighted by atomic mass is 10.1. The number of aromatic amines is 1. The van der Waals surface area contributed by atoms with Crippen LogP contribution in [0.15, 0.2) is 52.9 Å². The lowest BCUT2D eigenvalue weighted by Crippen LogP contribution is -2.17. The molecule has 0 radical (unpaired) electrons. The molecule has 1 amide bonds. The smallest absolute Gasteiger partial charge is 0.289 e. The zero-order chi connectivity index (χ0) is 17.6. The molecule has 128 valence electrons. The molecular formula is C18H18N4O2S. The first-order chi connectivity index (χ1) is 12.1. The first-order valence-corrected chi connectivity index (χ1v) is 8.69. The highest BCUT2D eigenvalue weighted by Crippen LogP contribution is 2.22. The van der Waals surface area contributed by atoms with Gasteiger partial charge in [0.15, 0.2) is 0 Å². The average Bonchev–Trinajstić information content (AvgIpc) is 3.26. The maximum Gasteiger partial charge on any atom is 0.289 e. The highest BCUT2D eigenvalue weighted by atomic mass is 32.1. The van der Waals surface area contributed by atoms with Gasteiger partial charge in [-0.05, 0) is 55.6 Å². The average molecular weight is 354 g/mol. The van der Waals surface area contributed by atoms with E-state index in [0.29, 0.717) is 11.4 Å². The van der Waals surface area contributed by atoms with Gasteiger partial charge in [0, 0.05) is 10.4 Å². The molecule has 0 unspecified atom stereocenters. The van der Waals surface area contributed by atoms with Crippen molar-refractivity contribution in [1.29, 1.82) is 0 Å². The van der Waals surface area contributed by atoms with E-state index in [2.05, 4.69) is 20.7 Å². The second kappa shape index (κ2) is 7.76. The molecule has 0 saturated heterocycles. The third-order valence-electron chi connectivity index (χ3n) is 3.25. The number of amides is 1. The van der Waals surface area contributed by atoms with Crippen LogP contribution in [0, 0.1) is 0 Å². The molecule has 0 bridgehead atoms. The summed E-state index contributed by atoms with van der Waals surface area (Å²) in [6, 6.07) is 13.1. The Morgan fingerprint density at radius 1 is 1.32 bits per heavy atom. The van der Waals surface area contributed by atoms with Crippen molar-refractivity contribution in [2.24, 2.45) is 5.10 Å². The van der Waals surface area contributed by atoms with Crippen molar-refractivity contribution in [1.82, 2.24) is 15.6 Å². The Morgan fingerprint density at radius 3 is 2.80 bits per heavy atom. The molecule has 0 spiro atoms. The van der Waals surface area contributed by atoms with E-state index < -0.39 is 0 Å². The molecule has 0 atom stereocenters. The van der Waals surface area contributed by atoms with Gasteiger partial charge in [-0.1, -0.05) is 6.07 Å². The SMILES string of the molecule is CC(C)Oc1ccc(-c2cc(C(=O)N/N=C/c3cccs3)[nH]n2)cc1. The van der Waals surface area contributed by atoms with Crippen molar-refractivity contribution in [3.05, 3.63) is 58.4 Å². The van der Waals surface area contributed by atoms with Gasteiger partial charge < -0.3 is 4.74 Å². The van der Waals surface area contributed by atoms with E-state index in [1.807, 2.05) is 55.6 Å². The fraction of sp³-hybridized carbons (Fsp3) is 0.167. The van der Waals surface area contributed by atoms with Crippen molar-refractivity contribution >= 4 is 23.5 Å². The summed E-state index contributed by atoms with van der Waals surface area (Å²) >= 11 is 1.55. The number of nitrogens with zero attached hydrogens (tertiary/aromatic N) is 2. The van der Waals surface area contributed by atoms with Gasteiger partial charge in [-0.15, -0.1) is 11.3 Å². The van der Waals surface area contributed by atoms with Crippen molar-refractivity contribution in [3.63, 3.8) is 0 Å². The van der Waals surface area contributed by atoms with E-state index in [4.69, 9.17) is 4.74 Å². The lowest BCUT2D eigenvalue weighted by Gasteiger charge is -2.09. The van der Waals surface area contributed by atoms with Gasteiger partial charge in [0.05, 0.1) is 18.0 Å². The van der Waals surface area contributed by atoms with E-state index in [0.717, 1.165) is 16.2 Å². The number of hydrogen-bond donors (Lipinski definition) is 2. The Balaban J connectivity index is 1.64. The minimum atomic E-state index is -0.341.